The second-order valence-corrected chi connectivity index (χ2v) is 4.08. The van der Waals surface area contributed by atoms with Crippen LogP contribution in [0.2, 0.25) is 0 Å². The number of amides is 1. The number of carbonyl (C=O) groups is 1. The van der Waals surface area contributed by atoms with Crippen LogP contribution in [-0.2, 0) is 9.47 Å². The van der Waals surface area contributed by atoms with Crippen molar-refractivity contribution in [2.45, 2.75) is 59.7 Å². The van der Waals surface area contributed by atoms with Crippen LogP contribution in [0.25, 0.3) is 0 Å². The number of nitrogens with zero attached hydrogens (tertiary/aromatic N) is 1. The molecule has 1 rings (SSSR count). The molecule has 0 N–H and O–H groups in total. The Balaban J connectivity index is 0.00000106. The third kappa shape index (κ3) is 4.39. The quantitative estimate of drug-likeness (QED) is 0.696. The molecular formula is C12H25NO3. The fourth-order valence-electron chi connectivity index (χ4n) is 1.63. The number of rotatable bonds is 1. The number of morpholine rings is 1. The summed E-state index contributed by atoms with van der Waals surface area (Å²) in [6.07, 6.45) is -0.298. The zero-order valence-corrected chi connectivity index (χ0v) is 11.3. The van der Waals surface area contributed by atoms with Gasteiger partial charge in [-0.15, -0.1) is 0 Å². The molecule has 2 atom stereocenters. The molecule has 1 fully saturated rings. The van der Waals surface area contributed by atoms with Gasteiger partial charge in [0.15, 0.2) is 0 Å². The average molecular weight is 231 g/mol. The lowest BCUT2D eigenvalue weighted by Gasteiger charge is -2.38. The number of carbonyl (C=O) groups excluding carboxylic acids is 1. The highest BCUT2D eigenvalue weighted by molar-refractivity contribution is 5.68. The third-order valence-electron chi connectivity index (χ3n) is 2.22. The highest BCUT2D eigenvalue weighted by Crippen LogP contribution is 2.14. The molecule has 0 saturated carbocycles. The van der Waals surface area contributed by atoms with Crippen LogP contribution < -0.4 is 0 Å². The van der Waals surface area contributed by atoms with Gasteiger partial charge in [-0.05, 0) is 27.7 Å². The summed E-state index contributed by atoms with van der Waals surface area (Å²) in [4.78, 5) is 13.4. The average Bonchev–Trinajstić information content (AvgIpc) is 2.19. The highest BCUT2D eigenvalue weighted by atomic mass is 16.6. The minimum absolute atomic E-state index is 0.0651. The summed E-state index contributed by atoms with van der Waals surface area (Å²) >= 11 is 0. The van der Waals surface area contributed by atoms with Crippen LogP contribution in [0.15, 0.2) is 0 Å². The second-order valence-electron chi connectivity index (χ2n) is 4.08. The van der Waals surface area contributed by atoms with Crippen LogP contribution in [0, 0.1) is 0 Å². The Morgan fingerprint density at radius 1 is 1.25 bits per heavy atom. The fourth-order valence-corrected chi connectivity index (χ4v) is 1.63. The van der Waals surface area contributed by atoms with Gasteiger partial charge in [0, 0.05) is 0 Å². The van der Waals surface area contributed by atoms with Gasteiger partial charge in [-0.2, -0.15) is 0 Å². The molecule has 0 aromatic carbocycles. The van der Waals surface area contributed by atoms with E-state index in [1.807, 2.05) is 41.5 Å². The normalized spacial score (nSPS) is 24.8. The fraction of sp³-hybridized carbons (Fsp3) is 0.917. The first-order chi connectivity index (χ1) is 7.52. The van der Waals surface area contributed by atoms with Crippen molar-refractivity contribution in [2.75, 3.05) is 13.2 Å². The highest BCUT2D eigenvalue weighted by Gasteiger charge is 2.31. The zero-order valence-electron chi connectivity index (χ0n) is 11.3. The molecule has 0 bridgehead atoms. The standard InChI is InChI=1S/C10H19NO3.C2H6/c1-7(2)14-10(12)11-8(3)5-13-6-9(11)4;1-2/h7-9H,5-6H2,1-4H3;1-2H3. The van der Waals surface area contributed by atoms with Crippen LogP contribution in [0.5, 0.6) is 0 Å². The predicted octanol–water partition coefficient (Wildman–Crippen LogP) is 2.67. The lowest BCUT2D eigenvalue weighted by atomic mass is 10.2. The molecule has 16 heavy (non-hydrogen) atoms. The van der Waals surface area contributed by atoms with Gasteiger partial charge in [-0.1, -0.05) is 13.8 Å². The SMILES string of the molecule is CC.CC(C)OC(=O)N1C(C)COCC1C. The van der Waals surface area contributed by atoms with Crippen molar-refractivity contribution < 1.29 is 14.3 Å². The minimum Gasteiger partial charge on any atom is -0.447 e. The molecule has 1 heterocycles. The monoisotopic (exact) mass is 231 g/mol. The number of hydrogen-bond donors (Lipinski definition) is 0. The molecular weight excluding hydrogens is 206 g/mol. The largest absolute Gasteiger partial charge is 0.447 e. The summed E-state index contributed by atoms with van der Waals surface area (Å²) in [6.45, 7) is 12.8. The van der Waals surface area contributed by atoms with E-state index in [9.17, 15) is 4.79 Å². The zero-order chi connectivity index (χ0) is 12.7. The molecule has 0 aromatic heterocycles. The van der Waals surface area contributed by atoms with E-state index in [1.54, 1.807) is 4.90 Å². The van der Waals surface area contributed by atoms with Crippen LogP contribution >= 0.6 is 0 Å². The lowest BCUT2D eigenvalue weighted by molar-refractivity contribution is -0.0384. The molecule has 96 valence electrons. The van der Waals surface area contributed by atoms with Crippen molar-refractivity contribution in [3.05, 3.63) is 0 Å². The van der Waals surface area contributed by atoms with E-state index >= 15 is 0 Å². The first-order valence-electron chi connectivity index (χ1n) is 6.09. The van der Waals surface area contributed by atoms with Crippen molar-refractivity contribution in [1.82, 2.24) is 4.90 Å². The Morgan fingerprint density at radius 3 is 2.06 bits per heavy atom. The Labute approximate surface area is 98.9 Å². The first kappa shape index (κ1) is 15.2. The van der Waals surface area contributed by atoms with Gasteiger partial charge in [0.1, 0.15) is 0 Å². The van der Waals surface area contributed by atoms with Gasteiger partial charge < -0.3 is 9.47 Å². The summed E-state index contributed by atoms with van der Waals surface area (Å²) in [6, 6.07) is 0.204. The van der Waals surface area contributed by atoms with E-state index in [0.717, 1.165) is 0 Å². The van der Waals surface area contributed by atoms with E-state index in [0.29, 0.717) is 13.2 Å². The van der Waals surface area contributed by atoms with Gasteiger partial charge in [0.05, 0.1) is 31.4 Å². The van der Waals surface area contributed by atoms with Crippen LogP contribution in [0.4, 0.5) is 4.79 Å². The molecule has 0 aromatic rings. The van der Waals surface area contributed by atoms with Crippen molar-refractivity contribution in [3.63, 3.8) is 0 Å². The van der Waals surface area contributed by atoms with E-state index in [4.69, 9.17) is 9.47 Å². The van der Waals surface area contributed by atoms with E-state index in [1.165, 1.54) is 0 Å². The van der Waals surface area contributed by atoms with E-state index in [2.05, 4.69) is 0 Å². The van der Waals surface area contributed by atoms with Gasteiger partial charge in [-0.3, -0.25) is 4.90 Å². The van der Waals surface area contributed by atoms with Crippen molar-refractivity contribution in [2.24, 2.45) is 0 Å². The minimum atomic E-state index is -0.233. The van der Waals surface area contributed by atoms with Crippen molar-refractivity contribution in [1.29, 1.82) is 0 Å². The Bertz CT molecular complexity index is 196. The molecule has 2 unspecified atom stereocenters. The van der Waals surface area contributed by atoms with E-state index < -0.39 is 0 Å². The number of hydrogen-bond acceptors (Lipinski definition) is 3. The maximum absolute atomic E-state index is 11.7. The maximum atomic E-state index is 11.7. The first-order valence-corrected chi connectivity index (χ1v) is 6.09. The molecule has 0 spiro atoms. The lowest BCUT2D eigenvalue weighted by Crippen LogP contribution is -2.53. The molecule has 4 heteroatoms. The van der Waals surface area contributed by atoms with Crippen molar-refractivity contribution >= 4 is 6.09 Å². The summed E-state index contributed by atoms with van der Waals surface area (Å²) < 4.78 is 10.5. The molecule has 0 aliphatic carbocycles. The van der Waals surface area contributed by atoms with Crippen LogP contribution in [0.3, 0.4) is 0 Å². The van der Waals surface area contributed by atoms with Crippen LogP contribution in [-0.4, -0.2) is 42.4 Å². The van der Waals surface area contributed by atoms with Gasteiger partial charge in [0.2, 0.25) is 0 Å². The second kappa shape index (κ2) is 7.49. The smallest absolute Gasteiger partial charge is 0.410 e. The Morgan fingerprint density at radius 2 is 1.69 bits per heavy atom. The molecule has 1 aliphatic rings. The topological polar surface area (TPSA) is 38.8 Å². The Kier molecular flexibility index (Phi) is 7.13. The van der Waals surface area contributed by atoms with Crippen molar-refractivity contribution in [3.8, 4) is 0 Å². The summed E-state index contributed by atoms with van der Waals surface area (Å²) in [5.74, 6) is 0. The molecule has 1 aliphatic heterocycles. The summed E-state index contributed by atoms with van der Waals surface area (Å²) in [7, 11) is 0. The van der Waals surface area contributed by atoms with E-state index in [-0.39, 0.29) is 24.3 Å². The summed E-state index contributed by atoms with van der Waals surface area (Å²) in [5, 5.41) is 0. The summed E-state index contributed by atoms with van der Waals surface area (Å²) in [5.41, 5.74) is 0. The molecule has 1 amide bonds. The molecule has 4 nitrogen and oxygen atoms in total. The Hall–Kier alpha value is -0.770. The maximum Gasteiger partial charge on any atom is 0.410 e. The third-order valence-corrected chi connectivity index (χ3v) is 2.22. The van der Waals surface area contributed by atoms with Gasteiger partial charge in [0.25, 0.3) is 0 Å². The predicted molar refractivity (Wildman–Crippen MR) is 64.5 cm³/mol. The van der Waals surface area contributed by atoms with Crippen LogP contribution in [0.1, 0.15) is 41.5 Å². The van der Waals surface area contributed by atoms with Gasteiger partial charge in [-0.25, -0.2) is 4.79 Å². The molecule has 0 radical (unpaired) electrons. The molecule has 1 saturated heterocycles. The number of ether oxygens (including phenoxy) is 2. The van der Waals surface area contributed by atoms with Gasteiger partial charge >= 0.3 is 6.09 Å².